The van der Waals surface area contributed by atoms with Crippen LogP contribution in [0.5, 0.6) is 11.5 Å². The molecule has 1 fully saturated rings. The number of nitrogens with two attached hydrogens (primary N) is 1. The van der Waals surface area contributed by atoms with Crippen LogP contribution in [0.3, 0.4) is 0 Å². The maximum atomic E-state index is 5.94. The molecule has 31 heavy (non-hydrogen) atoms. The zero-order valence-electron chi connectivity index (χ0n) is 17.8. The minimum absolute atomic E-state index is 0.192. The Kier molecular flexibility index (Phi) is 6.32. The van der Waals surface area contributed by atoms with E-state index >= 15 is 0 Å². The number of hydrogen-bond acceptors (Lipinski definition) is 9. The lowest BCUT2D eigenvalue weighted by molar-refractivity contribution is 0.244. The molecule has 4 rings (SSSR count). The number of aromatic nitrogens is 3. The number of nitrogen functional groups attached to an aromatic ring is 1. The van der Waals surface area contributed by atoms with Crippen LogP contribution in [-0.2, 0) is 6.54 Å². The summed E-state index contributed by atoms with van der Waals surface area (Å²) >= 11 is 0. The van der Waals surface area contributed by atoms with Gasteiger partial charge in [0.1, 0.15) is 17.3 Å². The van der Waals surface area contributed by atoms with E-state index in [2.05, 4.69) is 42.2 Å². The Bertz CT molecular complexity index is 1020. The van der Waals surface area contributed by atoms with Gasteiger partial charge in [-0.25, -0.2) is 0 Å². The molecule has 162 valence electrons. The molecule has 2 aromatic carbocycles. The zero-order chi connectivity index (χ0) is 21.6. The molecule has 2 heterocycles. The van der Waals surface area contributed by atoms with E-state index in [4.69, 9.17) is 15.2 Å². The van der Waals surface area contributed by atoms with E-state index in [0.717, 1.165) is 37.6 Å². The number of methoxy groups -OCH3 is 2. The highest BCUT2D eigenvalue weighted by Crippen LogP contribution is 2.26. The third-order valence-corrected chi connectivity index (χ3v) is 5.21. The van der Waals surface area contributed by atoms with E-state index in [1.54, 1.807) is 14.2 Å². The van der Waals surface area contributed by atoms with Gasteiger partial charge in [-0.2, -0.15) is 15.0 Å². The Morgan fingerprint density at radius 1 is 0.935 bits per heavy atom. The van der Waals surface area contributed by atoms with Crippen molar-refractivity contribution >= 4 is 23.3 Å². The van der Waals surface area contributed by atoms with E-state index < -0.39 is 0 Å². The Balaban J connectivity index is 1.40. The van der Waals surface area contributed by atoms with Gasteiger partial charge in [0.05, 0.1) is 26.5 Å². The van der Waals surface area contributed by atoms with Crippen molar-refractivity contribution < 1.29 is 9.47 Å². The van der Waals surface area contributed by atoms with Gasteiger partial charge in [-0.05, 0) is 24.3 Å². The van der Waals surface area contributed by atoms with Gasteiger partial charge >= 0.3 is 0 Å². The van der Waals surface area contributed by atoms with Crippen molar-refractivity contribution in [1.29, 1.82) is 0 Å². The van der Waals surface area contributed by atoms with Crippen LogP contribution in [0, 0.1) is 0 Å². The summed E-state index contributed by atoms with van der Waals surface area (Å²) in [4.78, 5) is 17.8. The molecule has 3 aromatic rings. The van der Waals surface area contributed by atoms with E-state index in [-0.39, 0.29) is 5.95 Å². The molecule has 1 aromatic heterocycles. The topological polar surface area (TPSA) is 102 Å². The lowest BCUT2D eigenvalue weighted by Crippen LogP contribution is -2.46. The van der Waals surface area contributed by atoms with Crippen LogP contribution in [0.4, 0.5) is 23.3 Å². The molecular weight excluding hydrogens is 394 g/mol. The molecule has 1 aliphatic rings. The average Bonchev–Trinajstić information content (AvgIpc) is 2.79. The molecule has 0 atom stereocenters. The first-order chi connectivity index (χ1) is 15.1. The van der Waals surface area contributed by atoms with Crippen LogP contribution in [0.1, 0.15) is 5.82 Å². The minimum Gasteiger partial charge on any atom is -0.497 e. The maximum absolute atomic E-state index is 5.94. The van der Waals surface area contributed by atoms with Crippen LogP contribution in [0.2, 0.25) is 0 Å². The molecule has 0 unspecified atom stereocenters. The number of rotatable bonds is 7. The first-order valence-corrected chi connectivity index (χ1v) is 10.2. The van der Waals surface area contributed by atoms with E-state index in [1.165, 1.54) is 5.69 Å². The summed E-state index contributed by atoms with van der Waals surface area (Å²) in [6.07, 6.45) is 0. The SMILES string of the molecule is COc1cccc(N2CCN(Cc3nc(N)nc(Nc4ccccc4OC)n3)CC2)c1. The molecule has 1 aliphatic heterocycles. The molecule has 0 spiro atoms. The lowest BCUT2D eigenvalue weighted by Gasteiger charge is -2.35. The lowest BCUT2D eigenvalue weighted by atomic mass is 10.2. The summed E-state index contributed by atoms with van der Waals surface area (Å²) < 4.78 is 10.7. The van der Waals surface area contributed by atoms with Gasteiger partial charge < -0.3 is 25.4 Å². The average molecular weight is 422 g/mol. The minimum atomic E-state index is 0.192. The Hall–Kier alpha value is -3.59. The van der Waals surface area contributed by atoms with E-state index in [0.29, 0.717) is 24.1 Å². The summed E-state index contributed by atoms with van der Waals surface area (Å²) in [7, 11) is 3.31. The van der Waals surface area contributed by atoms with Crippen molar-refractivity contribution in [2.75, 3.05) is 56.3 Å². The van der Waals surface area contributed by atoms with Gasteiger partial charge in [0.2, 0.25) is 11.9 Å². The van der Waals surface area contributed by atoms with Crippen LogP contribution >= 0.6 is 0 Å². The van der Waals surface area contributed by atoms with Crippen molar-refractivity contribution in [3.63, 3.8) is 0 Å². The molecular formula is C22H27N7O2. The van der Waals surface area contributed by atoms with Crippen molar-refractivity contribution in [3.05, 3.63) is 54.4 Å². The van der Waals surface area contributed by atoms with Gasteiger partial charge in [0.25, 0.3) is 0 Å². The van der Waals surface area contributed by atoms with Crippen LogP contribution in [0.25, 0.3) is 0 Å². The molecule has 0 bridgehead atoms. The largest absolute Gasteiger partial charge is 0.497 e. The molecule has 9 heteroatoms. The Labute approximate surface area is 181 Å². The monoisotopic (exact) mass is 421 g/mol. The van der Waals surface area contributed by atoms with E-state index in [9.17, 15) is 0 Å². The zero-order valence-corrected chi connectivity index (χ0v) is 17.8. The van der Waals surface area contributed by atoms with Crippen molar-refractivity contribution in [2.24, 2.45) is 0 Å². The smallest absolute Gasteiger partial charge is 0.232 e. The second kappa shape index (κ2) is 9.48. The second-order valence-electron chi connectivity index (χ2n) is 7.22. The number of nitrogens with zero attached hydrogens (tertiary/aromatic N) is 5. The van der Waals surface area contributed by atoms with Crippen LogP contribution in [0.15, 0.2) is 48.5 Å². The summed E-state index contributed by atoms with van der Waals surface area (Å²) in [5, 5.41) is 3.18. The summed E-state index contributed by atoms with van der Waals surface area (Å²) in [6.45, 7) is 4.25. The van der Waals surface area contributed by atoms with Gasteiger partial charge in [0, 0.05) is 37.9 Å². The predicted molar refractivity (Wildman–Crippen MR) is 121 cm³/mol. The highest BCUT2D eigenvalue weighted by Gasteiger charge is 2.19. The second-order valence-corrected chi connectivity index (χ2v) is 7.22. The first-order valence-electron chi connectivity index (χ1n) is 10.2. The Morgan fingerprint density at radius 3 is 2.52 bits per heavy atom. The number of para-hydroxylation sites is 2. The van der Waals surface area contributed by atoms with Gasteiger partial charge in [-0.1, -0.05) is 18.2 Å². The van der Waals surface area contributed by atoms with Gasteiger partial charge in [0.15, 0.2) is 0 Å². The third kappa shape index (κ3) is 5.13. The summed E-state index contributed by atoms with van der Waals surface area (Å²) in [5.74, 6) is 2.81. The van der Waals surface area contributed by atoms with Crippen molar-refractivity contribution in [2.45, 2.75) is 6.54 Å². The molecule has 3 N–H and O–H groups in total. The fourth-order valence-electron chi connectivity index (χ4n) is 3.60. The van der Waals surface area contributed by atoms with Crippen molar-refractivity contribution in [3.8, 4) is 11.5 Å². The molecule has 0 radical (unpaired) electrons. The highest BCUT2D eigenvalue weighted by molar-refractivity contribution is 5.62. The normalized spacial score (nSPS) is 14.3. The standard InChI is InChI=1S/C22H27N7O2/c1-30-17-7-5-6-16(14-17)29-12-10-28(11-13-29)15-20-25-21(23)27-22(26-20)24-18-8-3-4-9-19(18)31-2/h3-9,14H,10-13,15H2,1-2H3,(H3,23,24,25,26,27). The van der Waals surface area contributed by atoms with Gasteiger partial charge in [-0.15, -0.1) is 0 Å². The van der Waals surface area contributed by atoms with E-state index in [1.807, 2.05) is 36.4 Å². The third-order valence-electron chi connectivity index (χ3n) is 5.21. The van der Waals surface area contributed by atoms with Crippen LogP contribution < -0.4 is 25.4 Å². The fraction of sp³-hybridized carbons (Fsp3) is 0.318. The number of benzene rings is 2. The molecule has 0 aliphatic carbocycles. The first kappa shape index (κ1) is 20.7. The number of anilines is 4. The Morgan fingerprint density at radius 2 is 1.74 bits per heavy atom. The summed E-state index contributed by atoms with van der Waals surface area (Å²) in [5.41, 5.74) is 7.89. The quantitative estimate of drug-likeness (QED) is 0.596. The highest BCUT2D eigenvalue weighted by atomic mass is 16.5. The number of ether oxygens (including phenoxy) is 2. The molecule has 0 amide bonds. The predicted octanol–water partition coefficient (Wildman–Crippen LogP) is 2.54. The maximum Gasteiger partial charge on any atom is 0.232 e. The number of hydrogen-bond donors (Lipinski definition) is 2. The van der Waals surface area contributed by atoms with Crippen LogP contribution in [-0.4, -0.2) is 60.3 Å². The number of nitrogens with one attached hydrogen (secondary N) is 1. The fourth-order valence-corrected chi connectivity index (χ4v) is 3.60. The van der Waals surface area contributed by atoms with Gasteiger partial charge in [-0.3, -0.25) is 4.90 Å². The number of piperazine rings is 1. The molecule has 0 saturated carbocycles. The summed E-state index contributed by atoms with van der Waals surface area (Å²) in [6, 6.07) is 15.7. The van der Waals surface area contributed by atoms with Crippen molar-refractivity contribution in [1.82, 2.24) is 19.9 Å². The molecule has 9 nitrogen and oxygen atoms in total. The molecule has 1 saturated heterocycles.